The molecule has 0 fully saturated rings. The maximum absolute atomic E-state index is 14.4. The Balaban J connectivity index is 1.18. The lowest BCUT2D eigenvalue weighted by atomic mass is 10.0. The average molecular weight is 658 g/mol. The molecule has 0 unspecified atom stereocenters. The first-order chi connectivity index (χ1) is 23.2. The fourth-order valence-corrected chi connectivity index (χ4v) is 5.26. The SMILES string of the molecule is Fc1ccc(-c2cn(Cc3cc(Cn4cc(-c5ccc(F)cc5F)nn4)cc(Cn4cc(-c5ccc(F)cc5F)nn4)c3)nn2)c(F)c1. The maximum atomic E-state index is 14.4. The van der Waals surface area contributed by atoms with Crippen LogP contribution in [0.25, 0.3) is 33.8 Å². The highest BCUT2D eigenvalue weighted by Gasteiger charge is 2.15. The smallest absolute Gasteiger partial charge is 0.135 e. The minimum atomic E-state index is -0.772. The molecule has 0 saturated carbocycles. The normalized spacial score (nSPS) is 11.4. The Kier molecular flexibility index (Phi) is 8.00. The zero-order valence-corrected chi connectivity index (χ0v) is 24.6. The summed E-state index contributed by atoms with van der Waals surface area (Å²) in [4.78, 5) is 0. The molecule has 0 spiro atoms. The second kappa shape index (κ2) is 12.6. The van der Waals surface area contributed by atoms with Crippen molar-refractivity contribution in [1.29, 1.82) is 0 Å². The predicted octanol–water partition coefficient (Wildman–Crippen LogP) is 6.44. The van der Waals surface area contributed by atoms with Gasteiger partial charge in [-0.15, -0.1) is 15.3 Å². The molecule has 0 atom stereocenters. The minimum absolute atomic E-state index is 0.0937. The molecular formula is C33H21F6N9. The van der Waals surface area contributed by atoms with Gasteiger partial charge in [0.2, 0.25) is 0 Å². The Morgan fingerprint density at radius 2 is 0.688 bits per heavy atom. The van der Waals surface area contributed by atoms with Gasteiger partial charge in [0.05, 0.1) is 38.2 Å². The number of halogens is 6. The van der Waals surface area contributed by atoms with Crippen LogP contribution in [0.3, 0.4) is 0 Å². The third kappa shape index (κ3) is 6.56. The average Bonchev–Trinajstić information content (AvgIpc) is 3.80. The lowest BCUT2D eigenvalue weighted by molar-refractivity contribution is 0.584. The Bertz CT molecular complexity index is 2010. The molecule has 240 valence electrons. The number of hydrogen-bond acceptors (Lipinski definition) is 6. The van der Waals surface area contributed by atoms with Crippen LogP contribution in [-0.4, -0.2) is 45.0 Å². The molecule has 3 aromatic heterocycles. The van der Waals surface area contributed by atoms with Crippen molar-refractivity contribution >= 4 is 0 Å². The van der Waals surface area contributed by atoms with Crippen molar-refractivity contribution in [3.8, 4) is 33.8 Å². The molecular weight excluding hydrogens is 636 g/mol. The zero-order valence-electron chi connectivity index (χ0n) is 24.6. The van der Waals surface area contributed by atoms with E-state index in [0.717, 1.165) is 53.1 Å². The number of aromatic nitrogens is 9. The van der Waals surface area contributed by atoms with Crippen molar-refractivity contribution in [3.63, 3.8) is 0 Å². The van der Waals surface area contributed by atoms with Crippen molar-refractivity contribution in [3.05, 3.63) is 143 Å². The third-order valence-corrected chi connectivity index (χ3v) is 7.38. The minimum Gasteiger partial charge on any atom is -0.247 e. The molecule has 0 aliphatic rings. The summed E-state index contributed by atoms with van der Waals surface area (Å²) >= 11 is 0. The number of rotatable bonds is 9. The van der Waals surface area contributed by atoms with Crippen LogP contribution in [0.2, 0.25) is 0 Å². The van der Waals surface area contributed by atoms with Gasteiger partial charge in [-0.05, 0) is 53.1 Å². The standard InChI is InChI=1S/C33H21F6N9/c34-22-1-4-25(28(37)10-22)31-16-46(43-40-31)13-19-7-20(14-47-17-32(41-44-47)26-5-2-23(35)11-29(26)38)9-21(8-19)15-48-18-33(42-45-48)27-6-3-24(36)12-30(27)39/h1-12,16-18H,13-15H2. The van der Waals surface area contributed by atoms with Crippen molar-refractivity contribution in [2.45, 2.75) is 19.6 Å². The van der Waals surface area contributed by atoms with E-state index in [2.05, 4.69) is 30.9 Å². The van der Waals surface area contributed by atoms with E-state index in [1.54, 1.807) is 0 Å². The molecule has 0 aliphatic carbocycles. The molecule has 7 aromatic rings. The summed E-state index contributed by atoms with van der Waals surface area (Å²) in [6.45, 7) is 0.635. The summed E-state index contributed by atoms with van der Waals surface area (Å²) in [5.41, 5.74) is 3.21. The number of nitrogens with zero attached hydrogens (tertiary/aromatic N) is 9. The summed E-state index contributed by atoms with van der Waals surface area (Å²) in [6, 6.07) is 15.2. The maximum Gasteiger partial charge on any atom is 0.135 e. The molecule has 9 nitrogen and oxygen atoms in total. The molecule has 15 heteroatoms. The molecule has 0 aliphatic heterocycles. The zero-order chi connectivity index (χ0) is 33.4. The second-order valence-electron chi connectivity index (χ2n) is 10.9. The van der Waals surface area contributed by atoms with E-state index in [1.165, 1.54) is 50.8 Å². The fraction of sp³-hybridized carbons (Fsp3) is 0.0909. The summed E-state index contributed by atoms with van der Waals surface area (Å²) in [7, 11) is 0. The fourth-order valence-electron chi connectivity index (χ4n) is 5.26. The number of hydrogen-bond donors (Lipinski definition) is 0. The van der Waals surface area contributed by atoms with Gasteiger partial charge in [0, 0.05) is 34.9 Å². The first-order valence-electron chi connectivity index (χ1n) is 14.4. The van der Waals surface area contributed by atoms with Crippen LogP contribution < -0.4 is 0 Å². The molecule has 0 amide bonds. The van der Waals surface area contributed by atoms with E-state index in [9.17, 15) is 26.3 Å². The van der Waals surface area contributed by atoms with E-state index >= 15 is 0 Å². The van der Waals surface area contributed by atoms with Gasteiger partial charge in [0.25, 0.3) is 0 Å². The monoisotopic (exact) mass is 657 g/mol. The summed E-state index contributed by atoms with van der Waals surface area (Å²) in [5.74, 6) is -4.45. The third-order valence-electron chi connectivity index (χ3n) is 7.38. The van der Waals surface area contributed by atoms with E-state index in [1.807, 2.05) is 18.2 Å². The molecule has 0 radical (unpaired) electrons. The van der Waals surface area contributed by atoms with Crippen LogP contribution in [0, 0.1) is 34.9 Å². The van der Waals surface area contributed by atoms with Gasteiger partial charge >= 0.3 is 0 Å². The first-order valence-corrected chi connectivity index (χ1v) is 14.4. The van der Waals surface area contributed by atoms with Gasteiger partial charge in [-0.2, -0.15) is 0 Å². The molecule has 7 rings (SSSR count). The highest BCUT2D eigenvalue weighted by molar-refractivity contribution is 5.60. The van der Waals surface area contributed by atoms with E-state index in [-0.39, 0.29) is 53.4 Å². The molecule has 0 bridgehead atoms. The van der Waals surface area contributed by atoms with Crippen LogP contribution in [0.1, 0.15) is 16.7 Å². The van der Waals surface area contributed by atoms with Crippen LogP contribution in [0.4, 0.5) is 26.3 Å². The van der Waals surface area contributed by atoms with E-state index in [0.29, 0.717) is 0 Å². The highest BCUT2D eigenvalue weighted by atomic mass is 19.2. The van der Waals surface area contributed by atoms with Crippen LogP contribution >= 0.6 is 0 Å². The van der Waals surface area contributed by atoms with Gasteiger partial charge in [-0.3, -0.25) is 0 Å². The molecule has 0 saturated heterocycles. The summed E-state index contributed by atoms with van der Waals surface area (Å²) < 4.78 is 87.9. The van der Waals surface area contributed by atoms with Crippen LogP contribution in [-0.2, 0) is 19.6 Å². The molecule has 48 heavy (non-hydrogen) atoms. The Morgan fingerprint density at radius 1 is 0.396 bits per heavy atom. The topological polar surface area (TPSA) is 92.1 Å². The summed E-state index contributed by atoms with van der Waals surface area (Å²) in [6.07, 6.45) is 4.60. The van der Waals surface area contributed by atoms with Crippen molar-refractivity contribution in [2.24, 2.45) is 0 Å². The first kappa shape index (κ1) is 30.5. The summed E-state index contributed by atoms with van der Waals surface area (Å²) in [5, 5.41) is 24.4. The Morgan fingerprint density at radius 3 is 0.958 bits per heavy atom. The quantitative estimate of drug-likeness (QED) is 0.166. The Hall–Kier alpha value is -6.12. The van der Waals surface area contributed by atoms with Crippen LogP contribution in [0.5, 0.6) is 0 Å². The van der Waals surface area contributed by atoms with Gasteiger partial charge < -0.3 is 0 Å². The molecule has 3 heterocycles. The van der Waals surface area contributed by atoms with Gasteiger partial charge in [0.15, 0.2) is 0 Å². The predicted molar refractivity (Wildman–Crippen MR) is 160 cm³/mol. The van der Waals surface area contributed by atoms with Crippen molar-refractivity contribution in [1.82, 2.24) is 45.0 Å². The second-order valence-corrected chi connectivity index (χ2v) is 10.9. The van der Waals surface area contributed by atoms with Crippen molar-refractivity contribution in [2.75, 3.05) is 0 Å². The Labute approximate surface area is 267 Å². The number of benzene rings is 4. The lowest BCUT2D eigenvalue weighted by Gasteiger charge is -2.10. The lowest BCUT2D eigenvalue weighted by Crippen LogP contribution is -2.07. The van der Waals surface area contributed by atoms with Gasteiger partial charge in [-0.1, -0.05) is 33.8 Å². The largest absolute Gasteiger partial charge is 0.247 e. The van der Waals surface area contributed by atoms with Gasteiger partial charge in [0.1, 0.15) is 52.0 Å². The van der Waals surface area contributed by atoms with E-state index in [4.69, 9.17) is 0 Å². The van der Waals surface area contributed by atoms with Gasteiger partial charge in [-0.25, -0.2) is 40.4 Å². The molecule has 4 aromatic carbocycles. The van der Waals surface area contributed by atoms with Crippen molar-refractivity contribution < 1.29 is 26.3 Å². The van der Waals surface area contributed by atoms with Crippen LogP contribution in [0.15, 0.2) is 91.4 Å². The molecule has 0 N–H and O–H groups in total. The van der Waals surface area contributed by atoms with E-state index < -0.39 is 34.9 Å². The highest BCUT2D eigenvalue weighted by Crippen LogP contribution is 2.25.